The van der Waals surface area contributed by atoms with Crippen molar-refractivity contribution in [2.45, 2.75) is 19.4 Å². The molecule has 3 nitrogen and oxygen atoms in total. The molecule has 0 amide bonds. The van der Waals surface area contributed by atoms with Crippen molar-refractivity contribution >= 4 is 28.3 Å². The molecule has 2 aromatic heterocycles. The van der Waals surface area contributed by atoms with Gasteiger partial charge in [-0.1, -0.05) is 12.1 Å². The van der Waals surface area contributed by atoms with E-state index < -0.39 is 0 Å². The second-order valence-corrected chi connectivity index (χ2v) is 5.26. The maximum absolute atomic E-state index is 4.52. The summed E-state index contributed by atoms with van der Waals surface area (Å²) in [5.74, 6) is 0.846. The first kappa shape index (κ1) is 11.3. The molecule has 0 saturated heterocycles. The number of H-pyrrole nitrogens is 1. The fraction of sp³-hybridized carbons (Fsp3) is 0.214. The normalized spacial score (nSPS) is 12.7. The van der Waals surface area contributed by atoms with Crippen molar-refractivity contribution < 1.29 is 0 Å². The molecule has 3 aromatic rings. The number of nitrogens with zero attached hydrogens (tertiary/aromatic N) is 1. The largest absolute Gasteiger partial charge is 0.353 e. The second kappa shape index (κ2) is 4.82. The van der Waals surface area contributed by atoms with E-state index in [1.165, 1.54) is 5.56 Å². The smallest absolute Gasteiger partial charge is 0.201 e. The van der Waals surface area contributed by atoms with Crippen LogP contribution in [-0.2, 0) is 6.42 Å². The van der Waals surface area contributed by atoms with Crippen molar-refractivity contribution in [2.75, 3.05) is 5.32 Å². The van der Waals surface area contributed by atoms with Crippen LogP contribution in [0, 0.1) is 0 Å². The number of benzene rings is 1. The number of fused-ring (bicyclic) bond motifs is 1. The first-order chi connectivity index (χ1) is 8.81. The standard InChI is InChI=1S/C14H15N3S/c1-10(8-11-6-7-18-9-11)15-14-16-12-4-2-3-5-13(12)17-14/h2-7,9-10H,8H2,1H3,(H2,15,16,17). The van der Waals surface area contributed by atoms with Gasteiger partial charge in [0.15, 0.2) is 0 Å². The highest BCUT2D eigenvalue weighted by Gasteiger charge is 2.07. The van der Waals surface area contributed by atoms with Crippen LogP contribution in [0.5, 0.6) is 0 Å². The molecule has 0 fully saturated rings. The Bertz CT molecular complexity index is 594. The van der Waals surface area contributed by atoms with Crippen molar-refractivity contribution in [3.8, 4) is 0 Å². The lowest BCUT2D eigenvalue weighted by molar-refractivity contribution is 0.783. The predicted molar refractivity (Wildman–Crippen MR) is 77.2 cm³/mol. The average Bonchev–Trinajstić information content (AvgIpc) is 2.96. The van der Waals surface area contributed by atoms with Gasteiger partial charge in [0.1, 0.15) is 0 Å². The van der Waals surface area contributed by atoms with E-state index in [1.807, 2.05) is 24.3 Å². The molecule has 0 aliphatic carbocycles. The van der Waals surface area contributed by atoms with E-state index in [9.17, 15) is 0 Å². The maximum Gasteiger partial charge on any atom is 0.201 e. The van der Waals surface area contributed by atoms with Gasteiger partial charge < -0.3 is 10.3 Å². The van der Waals surface area contributed by atoms with Gasteiger partial charge in [0, 0.05) is 6.04 Å². The highest BCUT2D eigenvalue weighted by atomic mass is 32.1. The molecule has 0 bridgehead atoms. The van der Waals surface area contributed by atoms with Gasteiger partial charge in [0.2, 0.25) is 5.95 Å². The molecule has 18 heavy (non-hydrogen) atoms. The number of aromatic amines is 1. The van der Waals surface area contributed by atoms with Crippen LogP contribution in [0.1, 0.15) is 12.5 Å². The number of rotatable bonds is 4. The molecule has 1 atom stereocenters. The van der Waals surface area contributed by atoms with Crippen LogP contribution in [-0.4, -0.2) is 16.0 Å². The molecule has 0 aliphatic heterocycles. The van der Waals surface area contributed by atoms with Gasteiger partial charge in [-0.25, -0.2) is 4.98 Å². The lowest BCUT2D eigenvalue weighted by Crippen LogP contribution is -2.18. The van der Waals surface area contributed by atoms with Crippen LogP contribution in [0.25, 0.3) is 11.0 Å². The van der Waals surface area contributed by atoms with E-state index in [2.05, 4.69) is 39.0 Å². The minimum absolute atomic E-state index is 0.361. The van der Waals surface area contributed by atoms with E-state index in [0.29, 0.717) is 6.04 Å². The van der Waals surface area contributed by atoms with Crippen molar-refractivity contribution in [3.05, 3.63) is 46.7 Å². The Balaban J connectivity index is 1.71. The number of hydrogen-bond donors (Lipinski definition) is 2. The van der Waals surface area contributed by atoms with Crippen LogP contribution in [0.2, 0.25) is 0 Å². The molecule has 1 aromatic carbocycles. The molecule has 0 aliphatic rings. The topological polar surface area (TPSA) is 40.7 Å². The molecule has 3 rings (SSSR count). The number of hydrogen-bond acceptors (Lipinski definition) is 3. The molecule has 2 N–H and O–H groups in total. The van der Waals surface area contributed by atoms with Crippen molar-refractivity contribution in [1.29, 1.82) is 0 Å². The first-order valence-corrected chi connectivity index (χ1v) is 6.98. The molecule has 0 saturated carbocycles. The Hall–Kier alpha value is -1.81. The Morgan fingerprint density at radius 1 is 1.33 bits per heavy atom. The molecule has 92 valence electrons. The fourth-order valence-corrected chi connectivity index (χ4v) is 2.75. The highest BCUT2D eigenvalue weighted by molar-refractivity contribution is 7.07. The van der Waals surface area contributed by atoms with Crippen molar-refractivity contribution in [2.24, 2.45) is 0 Å². The number of thiophene rings is 1. The molecule has 1 unspecified atom stereocenters. The molecule has 0 spiro atoms. The Morgan fingerprint density at radius 3 is 3.00 bits per heavy atom. The summed E-state index contributed by atoms with van der Waals surface area (Å²) in [5.41, 5.74) is 3.45. The summed E-state index contributed by atoms with van der Waals surface area (Å²) >= 11 is 1.74. The second-order valence-electron chi connectivity index (χ2n) is 4.48. The summed E-state index contributed by atoms with van der Waals surface area (Å²) in [6.45, 7) is 2.17. The maximum atomic E-state index is 4.52. The number of nitrogens with one attached hydrogen (secondary N) is 2. The highest BCUT2D eigenvalue weighted by Crippen LogP contribution is 2.15. The summed E-state index contributed by atoms with van der Waals surface area (Å²) < 4.78 is 0. The van der Waals surface area contributed by atoms with Gasteiger partial charge in [-0.05, 0) is 47.9 Å². The van der Waals surface area contributed by atoms with Crippen LogP contribution >= 0.6 is 11.3 Å². The van der Waals surface area contributed by atoms with Gasteiger partial charge in [-0.15, -0.1) is 0 Å². The predicted octanol–water partition coefficient (Wildman–Crippen LogP) is 3.67. The van der Waals surface area contributed by atoms with Crippen LogP contribution in [0.15, 0.2) is 41.1 Å². The van der Waals surface area contributed by atoms with E-state index in [-0.39, 0.29) is 0 Å². The zero-order valence-corrected chi connectivity index (χ0v) is 11.0. The number of anilines is 1. The quantitative estimate of drug-likeness (QED) is 0.748. The van der Waals surface area contributed by atoms with E-state index in [4.69, 9.17) is 0 Å². The van der Waals surface area contributed by atoms with Gasteiger partial charge in [-0.2, -0.15) is 11.3 Å². The van der Waals surface area contributed by atoms with Crippen LogP contribution in [0.4, 0.5) is 5.95 Å². The minimum Gasteiger partial charge on any atom is -0.353 e. The molecular weight excluding hydrogens is 242 g/mol. The molecular formula is C14H15N3S. The molecule has 0 radical (unpaired) electrons. The summed E-state index contributed by atoms with van der Waals surface area (Å²) in [6.07, 6.45) is 1.01. The lowest BCUT2D eigenvalue weighted by Gasteiger charge is -2.11. The van der Waals surface area contributed by atoms with Gasteiger partial charge >= 0.3 is 0 Å². The third kappa shape index (κ3) is 2.38. The van der Waals surface area contributed by atoms with Gasteiger partial charge in [0.25, 0.3) is 0 Å². The number of aromatic nitrogens is 2. The zero-order valence-electron chi connectivity index (χ0n) is 10.2. The lowest BCUT2D eigenvalue weighted by atomic mass is 10.1. The fourth-order valence-electron chi connectivity index (χ4n) is 2.07. The molecule has 4 heteroatoms. The molecule has 2 heterocycles. The summed E-state index contributed by atoms with van der Waals surface area (Å²) in [6, 6.07) is 10.6. The van der Waals surface area contributed by atoms with E-state index >= 15 is 0 Å². The minimum atomic E-state index is 0.361. The van der Waals surface area contributed by atoms with Crippen LogP contribution in [0.3, 0.4) is 0 Å². The third-order valence-electron chi connectivity index (χ3n) is 2.89. The summed E-state index contributed by atoms with van der Waals surface area (Å²) in [5, 5.41) is 7.71. The third-order valence-corrected chi connectivity index (χ3v) is 3.63. The Kier molecular flexibility index (Phi) is 3.02. The van der Waals surface area contributed by atoms with Crippen molar-refractivity contribution in [3.63, 3.8) is 0 Å². The van der Waals surface area contributed by atoms with Crippen LogP contribution < -0.4 is 5.32 Å². The summed E-state index contributed by atoms with van der Waals surface area (Å²) in [7, 11) is 0. The number of para-hydroxylation sites is 2. The van der Waals surface area contributed by atoms with Gasteiger partial charge in [-0.3, -0.25) is 0 Å². The Morgan fingerprint density at radius 2 is 2.22 bits per heavy atom. The Labute approximate surface area is 110 Å². The average molecular weight is 257 g/mol. The number of imidazole rings is 1. The monoisotopic (exact) mass is 257 g/mol. The first-order valence-electron chi connectivity index (χ1n) is 6.03. The SMILES string of the molecule is CC(Cc1ccsc1)Nc1nc2ccccc2[nH]1. The van der Waals surface area contributed by atoms with E-state index in [0.717, 1.165) is 23.4 Å². The zero-order chi connectivity index (χ0) is 12.4. The van der Waals surface area contributed by atoms with Gasteiger partial charge in [0.05, 0.1) is 11.0 Å². The summed E-state index contributed by atoms with van der Waals surface area (Å²) in [4.78, 5) is 7.80. The van der Waals surface area contributed by atoms with Crippen molar-refractivity contribution in [1.82, 2.24) is 9.97 Å². The van der Waals surface area contributed by atoms with E-state index in [1.54, 1.807) is 11.3 Å².